The van der Waals surface area contributed by atoms with Crippen LogP contribution < -0.4 is 0 Å². The minimum absolute atomic E-state index is 0.266. The van der Waals surface area contributed by atoms with E-state index in [0.717, 1.165) is 6.42 Å². The Kier molecular flexibility index (Phi) is 3.13. The lowest BCUT2D eigenvalue weighted by Gasteiger charge is -2.44. The van der Waals surface area contributed by atoms with E-state index < -0.39 is 0 Å². The molecule has 1 fully saturated rings. The van der Waals surface area contributed by atoms with Crippen molar-refractivity contribution in [1.29, 1.82) is 0 Å². The molecule has 2 heterocycles. The van der Waals surface area contributed by atoms with Crippen LogP contribution in [0.3, 0.4) is 0 Å². The second-order valence-electron chi connectivity index (χ2n) is 4.97. The Labute approximate surface area is 92.3 Å². The molecule has 2 aliphatic heterocycles. The number of fused-ring (bicyclic) bond motifs is 1. The lowest BCUT2D eigenvalue weighted by Crippen LogP contribution is -2.51. The highest BCUT2D eigenvalue weighted by molar-refractivity contribution is 5.89. The van der Waals surface area contributed by atoms with Crippen LogP contribution in [0.5, 0.6) is 0 Å². The maximum atomic E-state index is 12.0. The first-order valence-corrected chi connectivity index (χ1v) is 6.22. The molecule has 0 aromatic carbocycles. The van der Waals surface area contributed by atoms with Crippen LogP contribution in [0.4, 0.5) is 0 Å². The summed E-state index contributed by atoms with van der Waals surface area (Å²) in [5, 5.41) is 0. The van der Waals surface area contributed by atoms with Crippen molar-refractivity contribution in [2.45, 2.75) is 64.5 Å². The summed E-state index contributed by atoms with van der Waals surface area (Å²) in [6, 6.07) is 1.03. The molecule has 1 amide bonds. The van der Waals surface area contributed by atoms with Gasteiger partial charge in [-0.25, -0.2) is 0 Å². The van der Waals surface area contributed by atoms with E-state index in [9.17, 15) is 4.79 Å². The standard InChI is InChI=1S/C13H21NO/c1-3-5-11-6-4-7-12-8-10(2)9-13(15)14(11)12/h9,11-12H,3-8H2,1-2H3/t11-,12+/m0/s1. The fourth-order valence-corrected chi connectivity index (χ4v) is 3.06. The molecule has 0 aromatic rings. The van der Waals surface area contributed by atoms with Gasteiger partial charge >= 0.3 is 0 Å². The van der Waals surface area contributed by atoms with Crippen LogP contribution >= 0.6 is 0 Å². The van der Waals surface area contributed by atoms with Gasteiger partial charge in [-0.3, -0.25) is 4.79 Å². The molecule has 15 heavy (non-hydrogen) atoms. The number of carbonyl (C=O) groups excluding carboxylic acids is 1. The summed E-state index contributed by atoms with van der Waals surface area (Å²) in [5.41, 5.74) is 1.26. The summed E-state index contributed by atoms with van der Waals surface area (Å²) in [6.07, 6.45) is 9.02. The molecule has 0 bridgehead atoms. The zero-order valence-electron chi connectivity index (χ0n) is 9.83. The van der Waals surface area contributed by atoms with Crippen molar-refractivity contribution >= 4 is 5.91 Å². The van der Waals surface area contributed by atoms with Gasteiger partial charge in [-0.1, -0.05) is 18.9 Å². The van der Waals surface area contributed by atoms with Gasteiger partial charge in [0.25, 0.3) is 0 Å². The SMILES string of the molecule is CCC[C@H]1CCC[C@@H]2CC(C)=CC(=O)N12. The third-order valence-corrected chi connectivity index (χ3v) is 3.67. The first kappa shape index (κ1) is 10.7. The van der Waals surface area contributed by atoms with E-state index in [2.05, 4.69) is 18.7 Å². The molecule has 0 aromatic heterocycles. The van der Waals surface area contributed by atoms with E-state index in [4.69, 9.17) is 0 Å². The van der Waals surface area contributed by atoms with Crippen LogP contribution in [-0.4, -0.2) is 22.9 Å². The predicted octanol–water partition coefficient (Wildman–Crippen LogP) is 2.89. The molecule has 1 saturated heterocycles. The fraction of sp³-hybridized carbons (Fsp3) is 0.769. The van der Waals surface area contributed by atoms with Gasteiger partial charge < -0.3 is 4.90 Å². The van der Waals surface area contributed by atoms with Gasteiger partial charge in [0, 0.05) is 18.2 Å². The van der Waals surface area contributed by atoms with Crippen molar-refractivity contribution in [2.24, 2.45) is 0 Å². The maximum absolute atomic E-state index is 12.0. The van der Waals surface area contributed by atoms with Crippen LogP contribution in [-0.2, 0) is 4.79 Å². The van der Waals surface area contributed by atoms with E-state index in [-0.39, 0.29) is 5.91 Å². The van der Waals surface area contributed by atoms with Crippen molar-refractivity contribution in [2.75, 3.05) is 0 Å². The Morgan fingerprint density at radius 1 is 1.47 bits per heavy atom. The molecule has 2 aliphatic rings. The number of amides is 1. The lowest BCUT2D eigenvalue weighted by molar-refractivity contribution is -0.134. The maximum Gasteiger partial charge on any atom is 0.247 e. The van der Waals surface area contributed by atoms with Crippen molar-refractivity contribution in [3.8, 4) is 0 Å². The molecule has 0 aliphatic carbocycles. The quantitative estimate of drug-likeness (QED) is 0.682. The van der Waals surface area contributed by atoms with Crippen LogP contribution in [0.1, 0.15) is 52.4 Å². The Morgan fingerprint density at radius 3 is 3.00 bits per heavy atom. The molecule has 0 radical (unpaired) electrons. The highest BCUT2D eigenvalue weighted by Gasteiger charge is 2.34. The van der Waals surface area contributed by atoms with Crippen molar-refractivity contribution < 1.29 is 4.79 Å². The molecule has 2 atom stereocenters. The molecule has 2 rings (SSSR count). The Bertz CT molecular complexity index is 280. The number of hydrogen-bond acceptors (Lipinski definition) is 1. The van der Waals surface area contributed by atoms with Gasteiger partial charge in [0.2, 0.25) is 5.91 Å². The van der Waals surface area contributed by atoms with Gasteiger partial charge in [0.15, 0.2) is 0 Å². The molecular weight excluding hydrogens is 186 g/mol. The first-order chi connectivity index (χ1) is 7.22. The molecule has 0 saturated carbocycles. The number of rotatable bonds is 2. The smallest absolute Gasteiger partial charge is 0.247 e. The van der Waals surface area contributed by atoms with Crippen LogP contribution in [0, 0.1) is 0 Å². The summed E-state index contributed by atoms with van der Waals surface area (Å²) >= 11 is 0. The van der Waals surface area contributed by atoms with Crippen molar-refractivity contribution in [1.82, 2.24) is 4.90 Å². The second kappa shape index (κ2) is 4.38. The summed E-state index contributed by atoms with van der Waals surface area (Å²) in [6.45, 7) is 4.29. The van der Waals surface area contributed by atoms with Gasteiger partial charge in [0.1, 0.15) is 0 Å². The Morgan fingerprint density at radius 2 is 2.27 bits per heavy atom. The highest BCUT2D eigenvalue weighted by atomic mass is 16.2. The van der Waals surface area contributed by atoms with E-state index in [1.165, 1.54) is 37.7 Å². The summed E-state index contributed by atoms with van der Waals surface area (Å²) in [5.74, 6) is 0.266. The number of piperidine rings is 1. The van der Waals surface area contributed by atoms with E-state index in [1.54, 1.807) is 0 Å². The zero-order valence-corrected chi connectivity index (χ0v) is 9.83. The van der Waals surface area contributed by atoms with E-state index in [1.807, 2.05) is 6.08 Å². The molecule has 0 N–H and O–H groups in total. The average Bonchev–Trinajstić information content (AvgIpc) is 2.17. The average molecular weight is 207 g/mol. The molecule has 0 spiro atoms. The van der Waals surface area contributed by atoms with E-state index in [0.29, 0.717) is 12.1 Å². The number of carbonyl (C=O) groups is 1. The Hall–Kier alpha value is -0.790. The van der Waals surface area contributed by atoms with Gasteiger partial charge in [0.05, 0.1) is 0 Å². The van der Waals surface area contributed by atoms with Crippen molar-refractivity contribution in [3.05, 3.63) is 11.6 Å². The monoisotopic (exact) mass is 207 g/mol. The summed E-state index contributed by atoms with van der Waals surface area (Å²) in [7, 11) is 0. The van der Waals surface area contributed by atoms with Gasteiger partial charge in [-0.2, -0.15) is 0 Å². The minimum atomic E-state index is 0.266. The molecule has 2 heteroatoms. The molecule has 2 nitrogen and oxygen atoms in total. The van der Waals surface area contributed by atoms with Crippen LogP contribution in [0.25, 0.3) is 0 Å². The molecule has 0 unspecified atom stereocenters. The molecular formula is C13H21NO. The van der Waals surface area contributed by atoms with Crippen LogP contribution in [0.2, 0.25) is 0 Å². The largest absolute Gasteiger partial charge is 0.333 e. The van der Waals surface area contributed by atoms with Crippen molar-refractivity contribution in [3.63, 3.8) is 0 Å². The van der Waals surface area contributed by atoms with E-state index >= 15 is 0 Å². The second-order valence-corrected chi connectivity index (χ2v) is 4.97. The minimum Gasteiger partial charge on any atom is -0.333 e. The normalized spacial score (nSPS) is 31.2. The first-order valence-electron chi connectivity index (χ1n) is 6.22. The zero-order chi connectivity index (χ0) is 10.8. The lowest BCUT2D eigenvalue weighted by atomic mass is 9.87. The van der Waals surface area contributed by atoms with Gasteiger partial charge in [-0.05, 0) is 39.0 Å². The number of hydrogen-bond donors (Lipinski definition) is 0. The summed E-state index contributed by atoms with van der Waals surface area (Å²) < 4.78 is 0. The van der Waals surface area contributed by atoms with Gasteiger partial charge in [-0.15, -0.1) is 0 Å². The third-order valence-electron chi connectivity index (χ3n) is 3.67. The predicted molar refractivity (Wildman–Crippen MR) is 61.6 cm³/mol. The highest BCUT2D eigenvalue weighted by Crippen LogP contribution is 2.32. The topological polar surface area (TPSA) is 20.3 Å². The third kappa shape index (κ3) is 2.09. The summed E-state index contributed by atoms with van der Waals surface area (Å²) in [4.78, 5) is 14.1. The molecule has 84 valence electrons. The Balaban J connectivity index is 2.16. The fourth-order valence-electron chi connectivity index (χ4n) is 3.06. The number of nitrogens with zero attached hydrogens (tertiary/aromatic N) is 1. The van der Waals surface area contributed by atoms with Crippen LogP contribution in [0.15, 0.2) is 11.6 Å².